The summed E-state index contributed by atoms with van der Waals surface area (Å²) < 4.78 is 11.2. The largest absolute Gasteiger partial charge is 0.441 e. The van der Waals surface area contributed by atoms with Crippen LogP contribution in [0.15, 0.2) is 4.52 Å². The molecule has 8 nitrogen and oxygen atoms in total. The van der Waals surface area contributed by atoms with Crippen LogP contribution in [0.5, 0.6) is 0 Å². The molecule has 27 heavy (non-hydrogen) atoms. The lowest BCUT2D eigenvalue weighted by molar-refractivity contribution is -0.0350. The minimum atomic E-state index is -0.301. The molecule has 8 heteroatoms. The van der Waals surface area contributed by atoms with Crippen LogP contribution in [0.2, 0.25) is 0 Å². The second-order valence-electron chi connectivity index (χ2n) is 8.78. The topological polar surface area (TPSA) is 83.7 Å². The third-order valence-electron chi connectivity index (χ3n) is 7.34. The van der Waals surface area contributed by atoms with Crippen molar-refractivity contribution in [1.82, 2.24) is 20.4 Å². The molecule has 5 fully saturated rings. The van der Waals surface area contributed by atoms with Crippen molar-refractivity contribution in [3.63, 3.8) is 0 Å². The summed E-state index contributed by atoms with van der Waals surface area (Å²) >= 11 is 0. The van der Waals surface area contributed by atoms with Crippen molar-refractivity contribution in [2.24, 2.45) is 5.92 Å². The van der Waals surface area contributed by atoms with Crippen molar-refractivity contribution in [2.75, 3.05) is 24.5 Å². The van der Waals surface area contributed by atoms with Crippen molar-refractivity contribution in [3.8, 4) is 0 Å². The Kier molecular flexibility index (Phi) is 4.07. The van der Waals surface area contributed by atoms with Crippen molar-refractivity contribution in [3.05, 3.63) is 5.82 Å². The molecule has 1 spiro atoms. The Balaban J connectivity index is 1.28. The number of rotatable bonds is 2. The summed E-state index contributed by atoms with van der Waals surface area (Å²) in [5, 5.41) is 6.91. The predicted octanol–water partition coefficient (Wildman–Crippen LogP) is 2.09. The number of hydrogen-bond acceptors (Lipinski definition) is 7. The molecule has 1 aliphatic carbocycles. The molecule has 4 unspecified atom stereocenters. The lowest BCUT2D eigenvalue weighted by Crippen LogP contribution is -2.58. The SMILES string of the molecule is Cc1noc(N2CC3CCCC2CC3N2CCC3(CC2)OC(=O)NC3C)n1. The van der Waals surface area contributed by atoms with Gasteiger partial charge in [0.2, 0.25) is 0 Å². The molecule has 0 aromatic carbocycles. The number of amides is 1. The number of hydrogen-bond donors (Lipinski definition) is 1. The number of piperidine rings is 2. The first-order chi connectivity index (χ1) is 13.0. The van der Waals surface area contributed by atoms with Gasteiger partial charge in [-0.3, -0.25) is 4.90 Å². The Hall–Kier alpha value is -1.83. The number of ether oxygens (including phenoxy) is 1. The van der Waals surface area contributed by atoms with E-state index < -0.39 is 0 Å². The monoisotopic (exact) mass is 375 g/mol. The van der Waals surface area contributed by atoms with E-state index in [0.717, 1.165) is 38.9 Å². The number of carbonyl (C=O) groups excluding carboxylic acids is 1. The van der Waals surface area contributed by atoms with E-state index in [4.69, 9.17) is 9.26 Å². The predicted molar refractivity (Wildman–Crippen MR) is 98.5 cm³/mol. The summed E-state index contributed by atoms with van der Waals surface area (Å²) in [5.41, 5.74) is -0.301. The van der Waals surface area contributed by atoms with Gasteiger partial charge in [-0.1, -0.05) is 11.6 Å². The van der Waals surface area contributed by atoms with Crippen molar-refractivity contribution in [2.45, 2.75) is 76.1 Å². The van der Waals surface area contributed by atoms with Crippen molar-refractivity contribution < 1.29 is 14.1 Å². The van der Waals surface area contributed by atoms with Gasteiger partial charge in [-0.25, -0.2) is 4.79 Å². The minimum Gasteiger partial charge on any atom is -0.441 e. The third-order valence-corrected chi connectivity index (χ3v) is 7.34. The summed E-state index contributed by atoms with van der Waals surface area (Å²) in [6, 6.07) is 1.89. The lowest BCUT2D eigenvalue weighted by atomic mass is 9.82. The second kappa shape index (κ2) is 6.36. The Morgan fingerprint density at radius 1 is 1.26 bits per heavy atom. The highest BCUT2D eigenvalue weighted by molar-refractivity contribution is 5.71. The van der Waals surface area contributed by atoms with Crippen LogP contribution in [-0.2, 0) is 4.74 Å². The van der Waals surface area contributed by atoms with Gasteiger partial charge < -0.3 is 19.5 Å². The minimum absolute atomic E-state index is 0.106. The maximum absolute atomic E-state index is 11.7. The van der Waals surface area contributed by atoms with E-state index in [9.17, 15) is 4.79 Å². The first kappa shape index (κ1) is 17.3. The first-order valence-corrected chi connectivity index (χ1v) is 10.3. The average Bonchev–Trinajstić information content (AvgIpc) is 3.03. The molecule has 1 aromatic rings. The molecule has 4 atom stereocenters. The van der Waals surface area contributed by atoms with Gasteiger partial charge in [-0.05, 0) is 39.0 Å². The van der Waals surface area contributed by atoms with Gasteiger partial charge in [-0.2, -0.15) is 4.98 Å². The van der Waals surface area contributed by atoms with Crippen LogP contribution in [0.25, 0.3) is 0 Å². The lowest BCUT2D eigenvalue weighted by Gasteiger charge is -2.49. The summed E-state index contributed by atoms with van der Waals surface area (Å²) in [6.07, 6.45) is 6.48. The highest BCUT2D eigenvalue weighted by Crippen LogP contribution is 2.41. The molecule has 148 valence electrons. The van der Waals surface area contributed by atoms with E-state index in [-0.39, 0.29) is 17.7 Å². The number of aryl methyl sites for hydroxylation is 1. The maximum atomic E-state index is 11.7. The van der Waals surface area contributed by atoms with Gasteiger partial charge in [0.05, 0.1) is 6.04 Å². The zero-order chi connectivity index (χ0) is 18.6. The standard InChI is InChI=1S/C19H29N5O3/c1-12-19(26-18(25)20-12)6-8-23(9-7-19)16-10-15-5-3-4-14(16)11-24(15)17-21-13(2)22-27-17/h12,14-16H,3-11H2,1-2H3,(H,20,25). The van der Waals surface area contributed by atoms with E-state index in [0.29, 0.717) is 29.8 Å². The van der Waals surface area contributed by atoms with E-state index in [1.807, 2.05) is 6.92 Å². The highest BCUT2D eigenvalue weighted by Gasteiger charge is 2.50. The summed E-state index contributed by atoms with van der Waals surface area (Å²) in [4.78, 5) is 21.1. The summed E-state index contributed by atoms with van der Waals surface area (Å²) in [6.45, 7) is 6.96. The molecule has 4 aliphatic heterocycles. The Morgan fingerprint density at radius 2 is 2.07 bits per heavy atom. The number of fused-ring (bicyclic) bond motifs is 4. The maximum Gasteiger partial charge on any atom is 0.408 e. The molecule has 0 radical (unpaired) electrons. The van der Waals surface area contributed by atoms with Gasteiger partial charge in [0.25, 0.3) is 0 Å². The van der Waals surface area contributed by atoms with Crippen LogP contribution in [0.4, 0.5) is 10.8 Å². The van der Waals surface area contributed by atoms with Crippen LogP contribution in [0, 0.1) is 12.8 Å². The molecule has 2 bridgehead atoms. The smallest absolute Gasteiger partial charge is 0.408 e. The number of aromatic nitrogens is 2. The average molecular weight is 375 g/mol. The number of likely N-dealkylation sites (tertiary alicyclic amines) is 1. The number of nitrogens with zero attached hydrogens (tertiary/aromatic N) is 4. The molecule has 4 saturated heterocycles. The third kappa shape index (κ3) is 2.88. The Morgan fingerprint density at radius 3 is 2.74 bits per heavy atom. The Bertz CT molecular complexity index is 714. The van der Waals surface area contributed by atoms with Crippen LogP contribution in [0.3, 0.4) is 0 Å². The van der Waals surface area contributed by atoms with E-state index in [2.05, 4.69) is 32.2 Å². The zero-order valence-corrected chi connectivity index (χ0v) is 16.2. The normalized spacial score (nSPS) is 35.9. The van der Waals surface area contributed by atoms with Crippen molar-refractivity contribution in [1.29, 1.82) is 0 Å². The van der Waals surface area contributed by atoms with Crippen LogP contribution in [-0.4, -0.2) is 64.5 Å². The quantitative estimate of drug-likeness (QED) is 0.847. The molecule has 5 aliphatic rings. The van der Waals surface area contributed by atoms with Gasteiger partial charge in [0.15, 0.2) is 5.82 Å². The first-order valence-electron chi connectivity index (χ1n) is 10.3. The van der Waals surface area contributed by atoms with E-state index in [1.165, 1.54) is 19.3 Å². The molecule has 1 aromatic heterocycles. The highest BCUT2D eigenvalue weighted by atomic mass is 16.6. The second-order valence-corrected chi connectivity index (χ2v) is 8.78. The van der Waals surface area contributed by atoms with Crippen LogP contribution < -0.4 is 10.2 Å². The molecular formula is C19H29N5O3. The van der Waals surface area contributed by atoms with Crippen molar-refractivity contribution >= 4 is 12.1 Å². The van der Waals surface area contributed by atoms with E-state index >= 15 is 0 Å². The zero-order valence-electron chi connectivity index (χ0n) is 16.2. The fraction of sp³-hybridized carbons (Fsp3) is 0.842. The molecule has 5 heterocycles. The summed E-state index contributed by atoms with van der Waals surface area (Å²) in [5.74, 6) is 1.34. The van der Waals surface area contributed by atoms with Crippen LogP contribution >= 0.6 is 0 Å². The molecule has 1 saturated carbocycles. The number of anilines is 1. The fourth-order valence-electron chi connectivity index (χ4n) is 5.76. The van der Waals surface area contributed by atoms with Gasteiger partial charge in [0, 0.05) is 44.6 Å². The molecule has 1 N–H and O–H groups in total. The molecular weight excluding hydrogens is 346 g/mol. The van der Waals surface area contributed by atoms with Crippen LogP contribution in [0.1, 0.15) is 51.3 Å². The molecule has 1 amide bonds. The number of carbonyl (C=O) groups is 1. The van der Waals surface area contributed by atoms with Gasteiger partial charge >= 0.3 is 12.1 Å². The number of alkyl carbamates (subject to hydrolysis) is 1. The summed E-state index contributed by atoms with van der Waals surface area (Å²) in [7, 11) is 0. The number of nitrogens with one attached hydrogen (secondary N) is 1. The fourth-order valence-corrected chi connectivity index (χ4v) is 5.76. The molecule has 6 rings (SSSR count). The van der Waals surface area contributed by atoms with E-state index in [1.54, 1.807) is 0 Å². The van der Waals surface area contributed by atoms with Gasteiger partial charge in [0.1, 0.15) is 5.60 Å². The van der Waals surface area contributed by atoms with Gasteiger partial charge in [-0.15, -0.1) is 0 Å². The Labute approximate surface area is 159 Å².